The zero-order valence-electron chi connectivity index (χ0n) is 20.4. The van der Waals surface area contributed by atoms with Crippen LogP contribution in [-0.4, -0.2) is 31.2 Å². The van der Waals surface area contributed by atoms with E-state index in [0.29, 0.717) is 0 Å². The van der Waals surface area contributed by atoms with Crippen LogP contribution in [0.25, 0.3) is 0 Å². The van der Waals surface area contributed by atoms with Gasteiger partial charge < -0.3 is 10.2 Å². The molecule has 0 aromatic heterocycles. The lowest BCUT2D eigenvalue weighted by molar-refractivity contribution is -0.348. The van der Waals surface area contributed by atoms with Gasteiger partial charge in [-0.3, -0.25) is 9.59 Å². The number of anilines is 2. The Bertz CT molecular complexity index is 1520. The van der Waals surface area contributed by atoms with E-state index in [1.165, 1.54) is 19.2 Å². The molecule has 4 nitrogen and oxygen atoms in total. The molecule has 0 spiro atoms. The van der Waals surface area contributed by atoms with Crippen molar-refractivity contribution in [2.75, 3.05) is 17.3 Å². The quantitative estimate of drug-likeness (QED) is 0.210. The second-order valence-electron chi connectivity index (χ2n) is 8.53. The first-order valence-electron chi connectivity index (χ1n) is 11.0. The maximum absolute atomic E-state index is 14.5. The van der Waals surface area contributed by atoms with Gasteiger partial charge in [0.15, 0.2) is 0 Å². The van der Waals surface area contributed by atoms with Gasteiger partial charge in [-0.15, -0.1) is 0 Å². The van der Waals surface area contributed by atoms with Crippen LogP contribution >= 0.6 is 34.2 Å². The van der Waals surface area contributed by atoms with Crippen LogP contribution in [0.15, 0.2) is 54.6 Å². The normalized spacial score (nSPS) is 12.7. The molecule has 0 aliphatic carbocycles. The van der Waals surface area contributed by atoms with Gasteiger partial charge >= 0.3 is 24.2 Å². The number of benzene rings is 3. The van der Waals surface area contributed by atoms with Crippen molar-refractivity contribution in [2.45, 2.75) is 24.2 Å². The molecule has 3 aromatic carbocycles. The predicted octanol–water partition coefficient (Wildman–Crippen LogP) is 8.92. The van der Waals surface area contributed by atoms with E-state index in [1.807, 2.05) is 0 Å². The Morgan fingerprint density at radius 2 is 1.45 bits per heavy atom. The van der Waals surface area contributed by atoms with Gasteiger partial charge in [0.1, 0.15) is 5.82 Å². The largest absolute Gasteiger partial charge is 0.435 e. The van der Waals surface area contributed by atoms with Crippen molar-refractivity contribution >= 4 is 57.4 Å². The predicted molar refractivity (Wildman–Crippen MR) is 138 cm³/mol. The number of carbonyl (C=O) groups excluding carboxylic acids is 2. The van der Waals surface area contributed by atoms with E-state index in [1.54, 1.807) is 5.32 Å². The Kier molecular flexibility index (Phi) is 9.13. The smallest absolute Gasteiger partial charge is 0.320 e. The number of alkyl halides is 10. The molecule has 3 aromatic rings. The minimum Gasteiger partial charge on any atom is -0.320 e. The van der Waals surface area contributed by atoms with Gasteiger partial charge in [-0.1, -0.05) is 17.7 Å². The van der Waals surface area contributed by atoms with Crippen molar-refractivity contribution in [3.63, 3.8) is 0 Å². The number of nitrogens with one attached hydrogen (secondary N) is 1. The first-order chi connectivity index (χ1) is 19.1. The van der Waals surface area contributed by atoms with Gasteiger partial charge in [0.25, 0.3) is 11.8 Å². The summed E-state index contributed by atoms with van der Waals surface area (Å²) in [5, 5.41) is 1.54. The summed E-state index contributed by atoms with van der Waals surface area (Å²) >= 11 is 6.82. The average Bonchev–Trinajstić information content (AvgIpc) is 2.86. The van der Waals surface area contributed by atoms with Gasteiger partial charge in [0.05, 0.1) is 21.8 Å². The maximum atomic E-state index is 14.5. The minimum absolute atomic E-state index is 0.00769. The zero-order chi connectivity index (χ0) is 32.0. The number of halogens is 13. The Balaban J connectivity index is 2.03. The van der Waals surface area contributed by atoms with Crippen molar-refractivity contribution in [1.82, 2.24) is 0 Å². The van der Waals surface area contributed by atoms with E-state index in [4.69, 9.17) is 11.6 Å². The highest BCUT2D eigenvalue weighted by molar-refractivity contribution is 14.1. The minimum atomic E-state index is -6.68. The third-order valence-electron chi connectivity index (χ3n) is 5.77. The molecule has 226 valence electrons. The van der Waals surface area contributed by atoms with Crippen molar-refractivity contribution in [1.29, 1.82) is 0 Å². The highest BCUT2D eigenvalue weighted by atomic mass is 127. The van der Waals surface area contributed by atoms with E-state index in [9.17, 15) is 57.9 Å². The molecule has 0 bridgehead atoms. The lowest BCUT2D eigenvalue weighted by Crippen LogP contribution is -2.50. The maximum Gasteiger partial charge on any atom is 0.435 e. The molecule has 0 unspecified atom stereocenters. The van der Waals surface area contributed by atoms with Crippen molar-refractivity contribution in [3.8, 4) is 0 Å². The van der Waals surface area contributed by atoms with Crippen LogP contribution < -0.4 is 10.2 Å². The first kappa shape index (κ1) is 33.4. The molecule has 17 heteroatoms. The Morgan fingerprint density at radius 3 is 1.98 bits per heavy atom. The van der Waals surface area contributed by atoms with Crippen LogP contribution in [-0.2, 0) is 11.8 Å². The molecular formula is C25H13ClF11IN2O2. The molecule has 42 heavy (non-hydrogen) atoms. The van der Waals surface area contributed by atoms with Gasteiger partial charge in [-0.2, -0.15) is 39.5 Å². The van der Waals surface area contributed by atoms with Crippen LogP contribution in [0.1, 0.15) is 31.8 Å². The Labute approximate surface area is 247 Å². The fraction of sp³-hybridized carbons (Fsp3) is 0.200. The number of nitrogens with zero attached hydrogens (tertiary/aromatic N) is 1. The molecule has 0 saturated carbocycles. The average molecular weight is 745 g/mol. The summed E-state index contributed by atoms with van der Waals surface area (Å²) in [5.41, 5.74) is -12.5. The molecular weight excluding hydrogens is 732 g/mol. The van der Waals surface area contributed by atoms with E-state index >= 15 is 0 Å². The van der Waals surface area contributed by atoms with Crippen LogP contribution in [0.3, 0.4) is 0 Å². The van der Waals surface area contributed by atoms with Crippen molar-refractivity contribution in [2.24, 2.45) is 0 Å². The lowest BCUT2D eigenvalue weighted by Gasteiger charge is -2.31. The number of hydrogen-bond acceptors (Lipinski definition) is 2. The fourth-order valence-corrected chi connectivity index (χ4v) is 4.66. The Morgan fingerprint density at radius 1 is 0.857 bits per heavy atom. The van der Waals surface area contributed by atoms with Crippen LogP contribution in [0.4, 0.5) is 59.7 Å². The topological polar surface area (TPSA) is 49.4 Å². The fourth-order valence-electron chi connectivity index (χ4n) is 3.65. The number of hydrogen-bond donors (Lipinski definition) is 1. The summed E-state index contributed by atoms with van der Waals surface area (Å²) in [5.74, 6) is -2.81. The highest BCUT2D eigenvalue weighted by Gasteiger charge is 2.73. The molecule has 1 N–H and O–H groups in total. The molecule has 0 saturated heterocycles. The zero-order valence-corrected chi connectivity index (χ0v) is 23.3. The van der Waals surface area contributed by atoms with Crippen LogP contribution in [0, 0.1) is 9.39 Å². The summed E-state index contributed by atoms with van der Waals surface area (Å²) in [7, 11) is 1.23. The third kappa shape index (κ3) is 6.43. The second-order valence-corrected chi connectivity index (χ2v) is 10.1. The number of carbonyl (C=O) groups is 2. The molecule has 0 radical (unpaired) electrons. The van der Waals surface area contributed by atoms with E-state index < -0.39 is 73.8 Å². The van der Waals surface area contributed by atoms with Gasteiger partial charge in [0.2, 0.25) is 0 Å². The van der Waals surface area contributed by atoms with Crippen LogP contribution in [0.5, 0.6) is 0 Å². The molecule has 0 aliphatic rings. The standard InChI is InChI=1S/C25H13ClF11IN2O2/c1-40(21(42)15-6-5-13(27)10-17(15)26)14-4-2-3-11(7-14)20(41)39-19-16(23(29,30)31)8-12(9-18(19)38)22(28,24(32,33)34)25(35,36)37/h2-10H,1H3,(H,39,41). The molecule has 2 amide bonds. The van der Waals surface area contributed by atoms with E-state index in [2.05, 4.69) is 0 Å². The summed E-state index contributed by atoms with van der Waals surface area (Å²) in [4.78, 5) is 26.6. The summed E-state index contributed by atoms with van der Waals surface area (Å²) in [6.07, 6.45) is -19.0. The molecule has 0 aliphatic heterocycles. The van der Waals surface area contributed by atoms with Gasteiger partial charge in [0, 0.05) is 27.4 Å². The van der Waals surface area contributed by atoms with Gasteiger partial charge in [-0.05, 0) is 71.1 Å². The SMILES string of the molecule is CN(C(=O)c1ccc(F)cc1Cl)c1cccc(C(=O)Nc2c(I)cc(C(F)(C(F)(F)F)C(F)(F)F)cc2C(F)(F)F)c1. The van der Waals surface area contributed by atoms with Crippen LogP contribution in [0.2, 0.25) is 5.02 Å². The highest BCUT2D eigenvalue weighted by Crippen LogP contribution is 2.54. The molecule has 0 heterocycles. The summed E-state index contributed by atoms with van der Waals surface area (Å²) in [6, 6.07) is 6.75. The van der Waals surface area contributed by atoms with Gasteiger partial charge in [-0.25, -0.2) is 8.78 Å². The summed E-state index contributed by atoms with van der Waals surface area (Å²) in [6.45, 7) is 0. The molecule has 0 atom stereocenters. The third-order valence-corrected chi connectivity index (χ3v) is 6.94. The monoisotopic (exact) mass is 744 g/mol. The van der Waals surface area contributed by atoms with E-state index in [-0.39, 0.29) is 22.3 Å². The molecule has 0 fully saturated rings. The van der Waals surface area contributed by atoms with E-state index in [0.717, 1.165) is 57.8 Å². The van der Waals surface area contributed by atoms with Crippen molar-refractivity contribution < 1.29 is 57.9 Å². The lowest BCUT2D eigenvalue weighted by atomic mass is 9.92. The number of amides is 2. The van der Waals surface area contributed by atoms with Crippen molar-refractivity contribution in [3.05, 3.63) is 91.3 Å². The first-order valence-corrected chi connectivity index (χ1v) is 12.4. The Hall–Kier alpha value is -3.15. The molecule has 3 rings (SSSR count). The number of rotatable bonds is 5. The summed E-state index contributed by atoms with van der Waals surface area (Å²) < 4.78 is 147. The second kappa shape index (κ2) is 11.5.